The van der Waals surface area contributed by atoms with Gasteiger partial charge in [-0.3, -0.25) is 4.40 Å². The number of aromatic nitrogens is 4. The van der Waals surface area contributed by atoms with Gasteiger partial charge in [-0.05, 0) is 13.0 Å². The molecule has 0 radical (unpaired) electrons. The van der Waals surface area contributed by atoms with Gasteiger partial charge < -0.3 is 0 Å². The summed E-state index contributed by atoms with van der Waals surface area (Å²) in [7, 11) is 0. The van der Waals surface area contributed by atoms with Gasteiger partial charge in [0.25, 0.3) is 0 Å². The molecule has 0 aliphatic heterocycles. The molecule has 3 aromatic rings. The SMILES string of the molecule is Cc1ccn(-c2nc3sccn3c2CBr)n1. The molecule has 0 unspecified atom stereocenters. The largest absolute Gasteiger partial charge is 0.292 e. The van der Waals surface area contributed by atoms with Crippen molar-refractivity contribution in [3.05, 3.63) is 35.2 Å². The fraction of sp³-hybridized carbons (Fsp3) is 0.200. The maximum atomic E-state index is 4.58. The third-order valence-corrected chi connectivity index (χ3v) is 3.69. The van der Waals surface area contributed by atoms with E-state index in [-0.39, 0.29) is 0 Å². The van der Waals surface area contributed by atoms with Gasteiger partial charge in [0.2, 0.25) is 0 Å². The van der Waals surface area contributed by atoms with Gasteiger partial charge in [-0.2, -0.15) is 10.1 Å². The Balaban J connectivity index is 2.26. The molecule has 6 heteroatoms. The third-order valence-electron chi connectivity index (χ3n) is 2.41. The van der Waals surface area contributed by atoms with E-state index in [0.29, 0.717) is 0 Å². The van der Waals surface area contributed by atoms with Crippen molar-refractivity contribution in [1.29, 1.82) is 0 Å². The first-order valence-electron chi connectivity index (χ1n) is 4.82. The van der Waals surface area contributed by atoms with Crippen LogP contribution in [0, 0.1) is 6.92 Å². The Bertz CT molecular complexity index is 636. The second kappa shape index (κ2) is 3.71. The van der Waals surface area contributed by atoms with Crippen LogP contribution in [0.5, 0.6) is 0 Å². The van der Waals surface area contributed by atoms with Crippen LogP contribution in [0.15, 0.2) is 23.8 Å². The maximum absolute atomic E-state index is 4.58. The normalized spacial score (nSPS) is 11.4. The summed E-state index contributed by atoms with van der Waals surface area (Å²) in [5, 5.41) is 7.19. The molecule has 0 aromatic carbocycles. The van der Waals surface area contributed by atoms with Crippen LogP contribution in [0.1, 0.15) is 11.4 Å². The minimum Gasteiger partial charge on any atom is -0.292 e. The lowest BCUT2D eigenvalue weighted by atomic mass is 10.5. The zero-order valence-electron chi connectivity index (χ0n) is 8.59. The van der Waals surface area contributed by atoms with Gasteiger partial charge in [-0.25, -0.2) is 4.68 Å². The van der Waals surface area contributed by atoms with Crippen molar-refractivity contribution in [2.45, 2.75) is 12.3 Å². The number of imidazole rings is 1. The first-order valence-corrected chi connectivity index (χ1v) is 6.83. The highest BCUT2D eigenvalue weighted by atomic mass is 79.9. The number of alkyl halides is 1. The second-order valence-corrected chi connectivity index (χ2v) is 4.91. The van der Waals surface area contributed by atoms with Crippen LogP contribution in [-0.2, 0) is 5.33 Å². The predicted octanol–water partition coefficient (Wildman–Crippen LogP) is 2.78. The molecule has 0 aliphatic rings. The molecule has 3 aromatic heterocycles. The number of thiazole rings is 1. The van der Waals surface area contributed by atoms with Gasteiger partial charge in [0.15, 0.2) is 10.8 Å². The number of hydrogen-bond acceptors (Lipinski definition) is 3. The molecule has 0 saturated carbocycles. The lowest BCUT2D eigenvalue weighted by Crippen LogP contribution is -1.99. The van der Waals surface area contributed by atoms with Gasteiger partial charge >= 0.3 is 0 Å². The maximum Gasteiger partial charge on any atom is 0.195 e. The number of hydrogen-bond donors (Lipinski definition) is 0. The summed E-state index contributed by atoms with van der Waals surface area (Å²) in [6.07, 6.45) is 3.97. The predicted molar refractivity (Wildman–Crippen MR) is 67.6 cm³/mol. The molecular weight excluding hydrogens is 288 g/mol. The first-order chi connectivity index (χ1) is 7.79. The van der Waals surface area contributed by atoms with Crippen LogP contribution in [0.2, 0.25) is 0 Å². The van der Waals surface area contributed by atoms with Gasteiger partial charge in [0, 0.05) is 23.1 Å². The van der Waals surface area contributed by atoms with Gasteiger partial charge in [0.1, 0.15) is 0 Å². The van der Waals surface area contributed by atoms with Crippen molar-refractivity contribution in [3.63, 3.8) is 0 Å². The molecule has 0 amide bonds. The Labute approximate surface area is 105 Å². The molecule has 0 aliphatic carbocycles. The summed E-state index contributed by atoms with van der Waals surface area (Å²) in [4.78, 5) is 5.58. The Kier molecular flexibility index (Phi) is 2.33. The second-order valence-electron chi connectivity index (χ2n) is 3.47. The van der Waals surface area contributed by atoms with Gasteiger partial charge in [-0.1, -0.05) is 15.9 Å². The molecule has 4 nitrogen and oxygen atoms in total. The summed E-state index contributed by atoms with van der Waals surface area (Å²) in [5.41, 5.74) is 2.12. The minimum absolute atomic E-state index is 0.763. The van der Waals surface area contributed by atoms with Crippen LogP contribution in [0.25, 0.3) is 10.8 Å². The van der Waals surface area contributed by atoms with Crippen molar-refractivity contribution in [1.82, 2.24) is 19.2 Å². The van der Waals surface area contributed by atoms with E-state index in [2.05, 4.69) is 30.4 Å². The summed E-state index contributed by atoms with van der Waals surface area (Å²) in [5.74, 6) is 0.900. The van der Waals surface area contributed by atoms with E-state index in [1.807, 2.05) is 35.4 Å². The van der Waals surface area contributed by atoms with E-state index in [1.165, 1.54) is 0 Å². The molecule has 16 heavy (non-hydrogen) atoms. The van der Waals surface area contributed by atoms with Crippen LogP contribution >= 0.6 is 27.3 Å². The van der Waals surface area contributed by atoms with Crippen LogP contribution in [0.4, 0.5) is 0 Å². The van der Waals surface area contributed by atoms with E-state index in [4.69, 9.17) is 0 Å². The Morgan fingerprint density at radius 3 is 3.00 bits per heavy atom. The zero-order valence-corrected chi connectivity index (χ0v) is 11.0. The molecule has 82 valence electrons. The molecule has 0 bridgehead atoms. The number of aryl methyl sites for hydroxylation is 1. The molecule has 3 rings (SSSR count). The average Bonchev–Trinajstić information content (AvgIpc) is 2.90. The van der Waals surface area contributed by atoms with Crippen LogP contribution in [-0.4, -0.2) is 19.2 Å². The van der Waals surface area contributed by atoms with Crippen LogP contribution in [0.3, 0.4) is 0 Å². The highest BCUT2D eigenvalue weighted by molar-refractivity contribution is 9.08. The fourth-order valence-corrected chi connectivity index (χ4v) is 2.91. The zero-order chi connectivity index (χ0) is 11.1. The highest BCUT2D eigenvalue weighted by Gasteiger charge is 2.13. The fourth-order valence-electron chi connectivity index (χ4n) is 1.66. The Morgan fingerprint density at radius 2 is 2.31 bits per heavy atom. The van der Waals surface area contributed by atoms with E-state index in [1.54, 1.807) is 11.3 Å². The number of rotatable bonds is 2. The standard InChI is InChI=1S/C10H9BrN4S/c1-7-2-3-15(13-7)9-8(6-11)14-4-5-16-10(14)12-9/h2-5H,6H2,1H3. The highest BCUT2D eigenvalue weighted by Crippen LogP contribution is 2.22. The first kappa shape index (κ1) is 10.0. The van der Waals surface area contributed by atoms with E-state index < -0.39 is 0 Å². The number of fused-ring (bicyclic) bond motifs is 1. The summed E-state index contributed by atoms with van der Waals surface area (Å²) in [6, 6.07) is 1.98. The summed E-state index contributed by atoms with van der Waals surface area (Å²) < 4.78 is 3.91. The lowest BCUT2D eigenvalue weighted by molar-refractivity contribution is 0.830. The lowest BCUT2D eigenvalue weighted by Gasteiger charge is -1.99. The van der Waals surface area contributed by atoms with E-state index in [9.17, 15) is 0 Å². The van der Waals surface area contributed by atoms with E-state index >= 15 is 0 Å². The van der Waals surface area contributed by atoms with E-state index in [0.717, 1.165) is 27.5 Å². The molecule has 0 fully saturated rings. The molecule has 3 heterocycles. The average molecular weight is 297 g/mol. The molecule has 0 atom stereocenters. The Morgan fingerprint density at radius 1 is 1.44 bits per heavy atom. The monoisotopic (exact) mass is 296 g/mol. The Hall–Kier alpha value is -1.14. The van der Waals surface area contributed by atoms with Crippen molar-refractivity contribution < 1.29 is 0 Å². The van der Waals surface area contributed by atoms with Crippen molar-refractivity contribution in [2.75, 3.05) is 0 Å². The van der Waals surface area contributed by atoms with Crippen molar-refractivity contribution in [2.24, 2.45) is 0 Å². The summed E-state index contributed by atoms with van der Waals surface area (Å²) >= 11 is 5.13. The molecule has 0 spiro atoms. The summed E-state index contributed by atoms with van der Waals surface area (Å²) in [6.45, 7) is 1.97. The van der Waals surface area contributed by atoms with Crippen molar-refractivity contribution >= 4 is 32.2 Å². The topological polar surface area (TPSA) is 35.1 Å². The van der Waals surface area contributed by atoms with Crippen molar-refractivity contribution in [3.8, 4) is 5.82 Å². The smallest absolute Gasteiger partial charge is 0.195 e. The van der Waals surface area contributed by atoms with Crippen LogP contribution < -0.4 is 0 Å². The molecular formula is C10H9BrN4S. The number of halogens is 1. The molecule has 0 saturated heterocycles. The molecule has 0 N–H and O–H groups in total. The third kappa shape index (κ3) is 1.41. The minimum atomic E-state index is 0.763. The van der Waals surface area contributed by atoms with Gasteiger partial charge in [-0.15, -0.1) is 11.3 Å². The van der Waals surface area contributed by atoms with Gasteiger partial charge in [0.05, 0.1) is 11.4 Å². The number of nitrogens with zero attached hydrogens (tertiary/aromatic N) is 4. The quantitative estimate of drug-likeness (QED) is 0.682.